The number of fused-ring (bicyclic) bond motifs is 1. The summed E-state index contributed by atoms with van der Waals surface area (Å²) in [5.74, 6) is 0.300. The summed E-state index contributed by atoms with van der Waals surface area (Å²) in [6.45, 7) is 6.18. The number of hydrogen-bond acceptors (Lipinski definition) is 7. The van der Waals surface area contributed by atoms with Crippen molar-refractivity contribution < 1.29 is 9.53 Å². The van der Waals surface area contributed by atoms with Crippen molar-refractivity contribution >= 4 is 23.0 Å². The molecule has 0 radical (unpaired) electrons. The number of nitrogen functional groups attached to an aromatic ring is 1. The van der Waals surface area contributed by atoms with Gasteiger partial charge in [0.15, 0.2) is 0 Å². The van der Waals surface area contributed by atoms with E-state index in [0.717, 1.165) is 22.2 Å². The SMILES string of the molecule is COC(=O)c1ccc(C#N)cc1-c1nc2cc(-c3cnc(N)nc3)ccc2n1C(C)(C)C. The Morgan fingerprint density at radius 1 is 1.09 bits per heavy atom. The van der Waals surface area contributed by atoms with Gasteiger partial charge in [0.05, 0.1) is 35.3 Å². The molecule has 8 heteroatoms. The summed E-state index contributed by atoms with van der Waals surface area (Å²) in [6, 6.07) is 12.9. The highest BCUT2D eigenvalue weighted by molar-refractivity contribution is 5.98. The number of ether oxygens (including phenoxy) is 1. The highest BCUT2D eigenvalue weighted by Crippen LogP contribution is 2.35. The van der Waals surface area contributed by atoms with E-state index >= 15 is 0 Å². The summed E-state index contributed by atoms with van der Waals surface area (Å²) >= 11 is 0. The van der Waals surface area contributed by atoms with Crippen molar-refractivity contribution in [1.82, 2.24) is 19.5 Å². The van der Waals surface area contributed by atoms with E-state index in [0.29, 0.717) is 22.5 Å². The quantitative estimate of drug-likeness (QED) is 0.489. The van der Waals surface area contributed by atoms with Gasteiger partial charge in [-0.15, -0.1) is 0 Å². The molecule has 0 saturated carbocycles. The number of anilines is 1. The van der Waals surface area contributed by atoms with Gasteiger partial charge in [-0.1, -0.05) is 6.07 Å². The van der Waals surface area contributed by atoms with Gasteiger partial charge in [-0.25, -0.2) is 19.7 Å². The number of esters is 1. The molecule has 4 rings (SSSR count). The van der Waals surface area contributed by atoms with Crippen LogP contribution in [0.25, 0.3) is 33.5 Å². The summed E-state index contributed by atoms with van der Waals surface area (Å²) in [6.07, 6.45) is 3.33. The molecule has 0 aliphatic carbocycles. The molecule has 0 saturated heterocycles. The standard InChI is InChI=1S/C24H22N6O2/c1-24(2,3)30-20-8-6-15(16-12-27-23(26)28-13-16)10-19(20)29-21(30)18-9-14(11-25)5-7-17(18)22(31)32-4/h5-10,12-13H,1-4H3,(H2,26,27,28). The lowest BCUT2D eigenvalue weighted by atomic mass is 10.0. The number of methoxy groups -OCH3 is 1. The maximum absolute atomic E-state index is 12.5. The summed E-state index contributed by atoms with van der Waals surface area (Å²) in [4.78, 5) is 25.5. The highest BCUT2D eigenvalue weighted by atomic mass is 16.5. The van der Waals surface area contributed by atoms with Crippen molar-refractivity contribution in [3.05, 3.63) is 59.9 Å². The molecule has 160 valence electrons. The number of carbonyl (C=O) groups is 1. The van der Waals surface area contributed by atoms with Gasteiger partial charge in [0, 0.05) is 29.1 Å². The molecule has 0 spiro atoms. The topological polar surface area (TPSA) is 120 Å². The van der Waals surface area contributed by atoms with Gasteiger partial charge in [-0.05, 0) is 56.7 Å². The van der Waals surface area contributed by atoms with Gasteiger partial charge < -0.3 is 15.0 Å². The molecule has 0 aliphatic rings. The van der Waals surface area contributed by atoms with E-state index < -0.39 is 5.97 Å². The highest BCUT2D eigenvalue weighted by Gasteiger charge is 2.26. The molecule has 2 N–H and O–H groups in total. The van der Waals surface area contributed by atoms with Gasteiger partial charge in [0.25, 0.3) is 0 Å². The fourth-order valence-electron chi connectivity index (χ4n) is 3.69. The van der Waals surface area contributed by atoms with Crippen LogP contribution >= 0.6 is 0 Å². The number of imidazole rings is 1. The Morgan fingerprint density at radius 3 is 2.44 bits per heavy atom. The summed E-state index contributed by atoms with van der Waals surface area (Å²) in [5, 5.41) is 9.43. The van der Waals surface area contributed by atoms with E-state index in [4.69, 9.17) is 15.5 Å². The smallest absolute Gasteiger partial charge is 0.338 e. The summed E-state index contributed by atoms with van der Waals surface area (Å²) in [5.41, 5.74) is 9.91. The Bertz CT molecular complexity index is 1370. The fourth-order valence-corrected chi connectivity index (χ4v) is 3.69. The van der Waals surface area contributed by atoms with E-state index in [1.165, 1.54) is 7.11 Å². The van der Waals surface area contributed by atoms with Crippen LogP contribution < -0.4 is 5.73 Å². The fraction of sp³-hybridized carbons (Fsp3) is 0.208. The lowest BCUT2D eigenvalue weighted by Gasteiger charge is -2.25. The maximum Gasteiger partial charge on any atom is 0.338 e. The van der Waals surface area contributed by atoms with E-state index in [9.17, 15) is 10.1 Å². The van der Waals surface area contributed by atoms with Gasteiger partial charge in [0.1, 0.15) is 5.82 Å². The molecule has 0 amide bonds. The van der Waals surface area contributed by atoms with Crippen molar-refractivity contribution in [2.75, 3.05) is 12.8 Å². The molecule has 0 unspecified atom stereocenters. The van der Waals surface area contributed by atoms with Gasteiger partial charge in [-0.2, -0.15) is 5.26 Å². The molecule has 0 aliphatic heterocycles. The number of benzene rings is 2. The second kappa shape index (κ2) is 7.78. The van der Waals surface area contributed by atoms with Crippen LogP contribution in [-0.4, -0.2) is 32.6 Å². The second-order valence-corrected chi connectivity index (χ2v) is 8.34. The van der Waals surface area contributed by atoms with Gasteiger partial charge in [-0.3, -0.25) is 0 Å². The predicted molar refractivity (Wildman–Crippen MR) is 122 cm³/mol. The molecule has 0 bridgehead atoms. The van der Waals surface area contributed by atoms with Crippen molar-refractivity contribution in [3.8, 4) is 28.6 Å². The van der Waals surface area contributed by atoms with E-state index in [1.807, 2.05) is 18.2 Å². The van der Waals surface area contributed by atoms with E-state index in [1.54, 1.807) is 30.6 Å². The molecule has 2 heterocycles. The Morgan fingerprint density at radius 2 is 1.81 bits per heavy atom. The minimum Gasteiger partial charge on any atom is -0.465 e. The zero-order valence-electron chi connectivity index (χ0n) is 18.2. The predicted octanol–water partition coefficient (Wildman–Crippen LogP) is 4.16. The average molecular weight is 426 g/mol. The third-order valence-electron chi connectivity index (χ3n) is 5.13. The summed E-state index contributed by atoms with van der Waals surface area (Å²) < 4.78 is 7.04. The van der Waals surface area contributed by atoms with Crippen LogP contribution in [-0.2, 0) is 10.3 Å². The van der Waals surface area contributed by atoms with Crippen molar-refractivity contribution in [3.63, 3.8) is 0 Å². The van der Waals surface area contributed by atoms with Crippen LogP contribution in [0.3, 0.4) is 0 Å². The Hall–Kier alpha value is -4.25. The maximum atomic E-state index is 12.5. The Balaban J connectivity index is 2.01. The van der Waals surface area contributed by atoms with Crippen LogP contribution in [0.5, 0.6) is 0 Å². The average Bonchev–Trinajstić information content (AvgIpc) is 3.17. The number of hydrogen-bond donors (Lipinski definition) is 1. The number of aromatic nitrogens is 4. The van der Waals surface area contributed by atoms with Crippen LogP contribution in [0.15, 0.2) is 48.8 Å². The molecule has 0 fully saturated rings. The Labute approximate surface area is 185 Å². The summed E-state index contributed by atoms with van der Waals surface area (Å²) in [7, 11) is 1.33. The number of nitriles is 1. The third kappa shape index (κ3) is 3.65. The normalized spacial score (nSPS) is 11.3. The van der Waals surface area contributed by atoms with Crippen molar-refractivity contribution in [2.24, 2.45) is 0 Å². The first-order valence-corrected chi connectivity index (χ1v) is 9.96. The molecule has 32 heavy (non-hydrogen) atoms. The van der Waals surface area contributed by atoms with Crippen LogP contribution in [0.1, 0.15) is 36.7 Å². The first kappa shape index (κ1) is 21.0. The molecule has 0 atom stereocenters. The first-order chi connectivity index (χ1) is 15.2. The van der Waals surface area contributed by atoms with E-state index in [-0.39, 0.29) is 11.5 Å². The van der Waals surface area contributed by atoms with Gasteiger partial charge >= 0.3 is 5.97 Å². The van der Waals surface area contributed by atoms with E-state index in [2.05, 4.69) is 41.4 Å². The van der Waals surface area contributed by atoms with Crippen LogP contribution in [0.4, 0.5) is 5.95 Å². The lowest BCUT2D eigenvalue weighted by Crippen LogP contribution is -2.23. The largest absolute Gasteiger partial charge is 0.465 e. The molecule has 2 aromatic heterocycles. The molecule has 8 nitrogen and oxygen atoms in total. The molecular formula is C24H22N6O2. The molecular weight excluding hydrogens is 404 g/mol. The van der Waals surface area contributed by atoms with Crippen LogP contribution in [0, 0.1) is 11.3 Å². The molecule has 4 aromatic rings. The number of nitrogens with zero attached hydrogens (tertiary/aromatic N) is 5. The first-order valence-electron chi connectivity index (χ1n) is 9.96. The lowest BCUT2D eigenvalue weighted by molar-refractivity contribution is 0.0601. The zero-order chi connectivity index (χ0) is 23.0. The van der Waals surface area contributed by atoms with Crippen molar-refractivity contribution in [1.29, 1.82) is 5.26 Å². The minimum absolute atomic E-state index is 0.210. The van der Waals surface area contributed by atoms with Gasteiger partial charge in [0.2, 0.25) is 5.95 Å². The van der Waals surface area contributed by atoms with Crippen LogP contribution in [0.2, 0.25) is 0 Å². The number of nitrogens with two attached hydrogens (primary N) is 1. The van der Waals surface area contributed by atoms with Crippen molar-refractivity contribution in [2.45, 2.75) is 26.3 Å². The molecule has 2 aromatic carbocycles. The number of rotatable bonds is 3. The third-order valence-corrected chi connectivity index (χ3v) is 5.13. The Kier molecular flexibility index (Phi) is 5.11. The zero-order valence-corrected chi connectivity index (χ0v) is 18.2. The minimum atomic E-state index is -0.489. The monoisotopic (exact) mass is 426 g/mol. The second-order valence-electron chi connectivity index (χ2n) is 8.34. The number of carbonyl (C=O) groups excluding carboxylic acids is 1.